The molecule has 8 heavy (non-hydrogen) atoms. The van der Waals surface area contributed by atoms with Crippen molar-refractivity contribution in [3.05, 3.63) is 0 Å². The van der Waals surface area contributed by atoms with Gasteiger partial charge in [0, 0.05) is 25.4 Å². The first-order valence-electron chi connectivity index (χ1n) is 3.04. The van der Waals surface area contributed by atoms with Gasteiger partial charge in [0.1, 0.15) is 5.78 Å². The zero-order valence-corrected chi connectivity index (χ0v) is 5.11. The minimum atomic E-state index is 0.253. The van der Waals surface area contributed by atoms with Crippen LogP contribution in [0.4, 0.5) is 0 Å². The van der Waals surface area contributed by atoms with E-state index in [2.05, 4.69) is 5.32 Å². The monoisotopic (exact) mass is 113 g/mol. The lowest BCUT2D eigenvalue weighted by atomic mass is 10.0. The second kappa shape index (κ2) is 2.27. The summed E-state index contributed by atoms with van der Waals surface area (Å²) in [6, 6.07) is 0. The van der Waals surface area contributed by atoms with Crippen LogP contribution in [0.15, 0.2) is 0 Å². The molecule has 1 saturated heterocycles. The van der Waals surface area contributed by atoms with Gasteiger partial charge >= 0.3 is 0 Å². The third-order valence-corrected chi connectivity index (χ3v) is 1.55. The van der Waals surface area contributed by atoms with E-state index in [0.717, 1.165) is 19.5 Å². The van der Waals surface area contributed by atoms with E-state index in [1.807, 2.05) is 6.92 Å². The third kappa shape index (κ3) is 1.07. The molecule has 1 fully saturated rings. The molecular weight excluding hydrogens is 102 g/mol. The Hall–Kier alpha value is -0.370. The third-order valence-electron chi connectivity index (χ3n) is 1.55. The van der Waals surface area contributed by atoms with Gasteiger partial charge in [-0.2, -0.15) is 0 Å². The minimum Gasteiger partial charge on any atom is -0.316 e. The topological polar surface area (TPSA) is 29.1 Å². The molecular formula is C6H11NO. The Morgan fingerprint density at radius 3 is 2.88 bits per heavy atom. The molecule has 0 bridgehead atoms. The fourth-order valence-electron chi connectivity index (χ4n) is 0.890. The molecule has 0 unspecified atom stereocenters. The average Bonchev–Trinajstić information content (AvgIpc) is 1.77. The number of ketones is 1. The summed E-state index contributed by atoms with van der Waals surface area (Å²) in [5.74, 6) is 0.660. The SMILES string of the molecule is C[C@@H]1CNCCC1=O. The first-order valence-corrected chi connectivity index (χ1v) is 3.04. The fourth-order valence-corrected chi connectivity index (χ4v) is 0.890. The molecule has 2 nitrogen and oxygen atoms in total. The lowest BCUT2D eigenvalue weighted by Crippen LogP contribution is -2.34. The number of hydrogen-bond donors (Lipinski definition) is 1. The van der Waals surface area contributed by atoms with Crippen LogP contribution in [0.3, 0.4) is 0 Å². The fraction of sp³-hybridized carbons (Fsp3) is 0.833. The van der Waals surface area contributed by atoms with E-state index in [9.17, 15) is 4.79 Å². The summed E-state index contributed by atoms with van der Waals surface area (Å²) >= 11 is 0. The second-order valence-corrected chi connectivity index (χ2v) is 2.32. The lowest BCUT2D eigenvalue weighted by molar-refractivity contribution is -0.123. The molecule has 0 aliphatic carbocycles. The smallest absolute Gasteiger partial charge is 0.138 e. The maximum absolute atomic E-state index is 10.8. The van der Waals surface area contributed by atoms with Crippen LogP contribution in [0.25, 0.3) is 0 Å². The van der Waals surface area contributed by atoms with Crippen molar-refractivity contribution in [3.8, 4) is 0 Å². The maximum Gasteiger partial charge on any atom is 0.138 e. The Labute approximate surface area is 49.3 Å². The Morgan fingerprint density at radius 2 is 2.50 bits per heavy atom. The summed E-state index contributed by atoms with van der Waals surface area (Å²) in [5.41, 5.74) is 0. The second-order valence-electron chi connectivity index (χ2n) is 2.32. The van der Waals surface area contributed by atoms with Crippen molar-refractivity contribution in [1.29, 1.82) is 0 Å². The molecule has 0 radical (unpaired) electrons. The number of Topliss-reactive ketones (excluding diaryl/α,β-unsaturated/α-hetero) is 1. The molecule has 1 rings (SSSR count). The molecule has 1 heterocycles. The first kappa shape index (κ1) is 5.76. The van der Waals surface area contributed by atoms with Gasteiger partial charge in [-0.3, -0.25) is 4.79 Å². The van der Waals surface area contributed by atoms with Gasteiger partial charge in [-0.05, 0) is 0 Å². The van der Waals surface area contributed by atoms with E-state index in [1.54, 1.807) is 0 Å². The van der Waals surface area contributed by atoms with Crippen molar-refractivity contribution in [2.24, 2.45) is 5.92 Å². The van der Waals surface area contributed by atoms with Crippen molar-refractivity contribution in [3.63, 3.8) is 0 Å². The molecule has 46 valence electrons. The standard InChI is InChI=1S/C6H11NO/c1-5-4-7-3-2-6(5)8/h5,7H,2-4H2,1H3/t5-/m1/s1. The number of hydrogen-bond acceptors (Lipinski definition) is 2. The van der Waals surface area contributed by atoms with Crippen molar-refractivity contribution in [2.75, 3.05) is 13.1 Å². The average molecular weight is 113 g/mol. The van der Waals surface area contributed by atoms with E-state index >= 15 is 0 Å². The maximum atomic E-state index is 10.8. The highest BCUT2D eigenvalue weighted by Gasteiger charge is 2.15. The van der Waals surface area contributed by atoms with Gasteiger partial charge < -0.3 is 5.32 Å². The summed E-state index contributed by atoms with van der Waals surface area (Å²) in [4.78, 5) is 10.8. The Kier molecular flexibility index (Phi) is 1.63. The van der Waals surface area contributed by atoms with Crippen LogP contribution in [0.1, 0.15) is 13.3 Å². The summed E-state index contributed by atoms with van der Waals surface area (Å²) in [6.07, 6.45) is 0.723. The summed E-state index contributed by atoms with van der Waals surface area (Å²) in [5, 5.41) is 3.14. The normalized spacial score (nSPS) is 30.6. The van der Waals surface area contributed by atoms with Crippen molar-refractivity contribution in [2.45, 2.75) is 13.3 Å². The molecule has 0 spiro atoms. The molecule has 0 aromatic carbocycles. The highest BCUT2D eigenvalue weighted by atomic mass is 16.1. The van der Waals surface area contributed by atoms with E-state index in [4.69, 9.17) is 0 Å². The number of piperidine rings is 1. The molecule has 1 aliphatic heterocycles. The van der Waals surface area contributed by atoms with Crippen LogP contribution in [-0.4, -0.2) is 18.9 Å². The van der Waals surface area contributed by atoms with Gasteiger partial charge in [-0.15, -0.1) is 0 Å². The number of carbonyl (C=O) groups is 1. The summed E-state index contributed by atoms with van der Waals surface area (Å²) in [6.45, 7) is 3.72. The highest BCUT2D eigenvalue weighted by molar-refractivity contribution is 5.81. The summed E-state index contributed by atoms with van der Waals surface area (Å²) in [7, 11) is 0. The predicted octanol–water partition coefficient (Wildman–Crippen LogP) is 0.185. The van der Waals surface area contributed by atoms with Crippen LogP contribution in [0.5, 0.6) is 0 Å². The summed E-state index contributed by atoms with van der Waals surface area (Å²) < 4.78 is 0. The van der Waals surface area contributed by atoms with Gasteiger partial charge in [0.05, 0.1) is 0 Å². The van der Waals surface area contributed by atoms with E-state index < -0.39 is 0 Å². The van der Waals surface area contributed by atoms with Gasteiger partial charge in [-0.25, -0.2) is 0 Å². The molecule has 0 amide bonds. The van der Waals surface area contributed by atoms with Crippen molar-refractivity contribution < 1.29 is 4.79 Å². The van der Waals surface area contributed by atoms with E-state index in [0.29, 0.717) is 5.78 Å². The van der Waals surface area contributed by atoms with Crippen LogP contribution >= 0.6 is 0 Å². The molecule has 2 heteroatoms. The Morgan fingerprint density at radius 1 is 1.75 bits per heavy atom. The largest absolute Gasteiger partial charge is 0.316 e. The Bertz CT molecular complexity index is 101. The molecule has 0 saturated carbocycles. The zero-order valence-electron chi connectivity index (χ0n) is 5.11. The van der Waals surface area contributed by atoms with Crippen LogP contribution in [-0.2, 0) is 4.79 Å². The number of carbonyl (C=O) groups excluding carboxylic acids is 1. The highest BCUT2D eigenvalue weighted by Crippen LogP contribution is 2.02. The van der Waals surface area contributed by atoms with Crippen LogP contribution in [0.2, 0.25) is 0 Å². The van der Waals surface area contributed by atoms with Gasteiger partial charge in [0.25, 0.3) is 0 Å². The molecule has 0 aromatic rings. The minimum absolute atomic E-state index is 0.253. The van der Waals surface area contributed by atoms with Gasteiger partial charge in [0.15, 0.2) is 0 Å². The van der Waals surface area contributed by atoms with E-state index in [1.165, 1.54) is 0 Å². The predicted molar refractivity (Wildman–Crippen MR) is 31.7 cm³/mol. The first-order chi connectivity index (χ1) is 3.80. The van der Waals surface area contributed by atoms with Crippen LogP contribution < -0.4 is 5.32 Å². The number of nitrogens with one attached hydrogen (secondary N) is 1. The molecule has 1 aliphatic rings. The zero-order chi connectivity index (χ0) is 5.98. The Balaban J connectivity index is 2.39. The van der Waals surface area contributed by atoms with Crippen molar-refractivity contribution >= 4 is 5.78 Å². The van der Waals surface area contributed by atoms with Crippen molar-refractivity contribution in [1.82, 2.24) is 5.32 Å². The van der Waals surface area contributed by atoms with Gasteiger partial charge in [-0.1, -0.05) is 6.92 Å². The van der Waals surface area contributed by atoms with Crippen LogP contribution in [0, 0.1) is 5.92 Å². The van der Waals surface area contributed by atoms with Gasteiger partial charge in [0.2, 0.25) is 0 Å². The molecule has 1 N–H and O–H groups in total. The quantitative estimate of drug-likeness (QED) is 0.485. The lowest BCUT2D eigenvalue weighted by Gasteiger charge is -2.16. The number of rotatable bonds is 0. The molecule has 1 atom stereocenters. The molecule has 0 aromatic heterocycles. The van der Waals surface area contributed by atoms with E-state index in [-0.39, 0.29) is 5.92 Å².